The number of pyridine rings is 1. The number of rotatable bonds is 14. The molecule has 0 saturated carbocycles. The van der Waals surface area contributed by atoms with Gasteiger partial charge in [-0.1, -0.05) is 69.9 Å². The fraction of sp³-hybridized carbons (Fsp3) is 0.684. The lowest BCUT2D eigenvalue weighted by atomic mass is 10.1. The molecule has 1 rings (SSSR count). The van der Waals surface area contributed by atoms with E-state index >= 15 is 0 Å². The molecule has 0 aliphatic heterocycles. The second-order valence-electron chi connectivity index (χ2n) is 6.11. The van der Waals surface area contributed by atoms with Gasteiger partial charge in [-0.2, -0.15) is 4.57 Å². The SMILES string of the molecule is CCCCCCCCCCCCOC[n+]1ccc(/C=N/O)cc1.[Cl-]. The maximum absolute atomic E-state index is 8.45. The summed E-state index contributed by atoms with van der Waals surface area (Å²) in [4.78, 5) is 0. The minimum Gasteiger partial charge on any atom is -1.00 e. The van der Waals surface area contributed by atoms with Crippen molar-refractivity contribution in [2.45, 2.75) is 77.9 Å². The Balaban J connectivity index is 0.00000529. The monoisotopic (exact) mass is 356 g/mol. The fourth-order valence-corrected chi connectivity index (χ4v) is 2.57. The van der Waals surface area contributed by atoms with Crippen LogP contribution in [0.1, 0.15) is 76.7 Å². The van der Waals surface area contributed by atoms with Crippen molar-refractivity contribution in [3.05, 3.63) is 30.1 Å². The van der Waals surface area contributed by atoms with Crippen molar-refractivity contribution in [3.63, 3.8) is 0 Å². The number of hydrogen-bond donors (Lipinski definition) is 1. The highest BCUT2D eigenvalue weighted by Gasteiger charge is 2.00. The molecule has 0 amide bonds. The summed E-state index contributed by atoms with van der Waals surface area (Å²) < 4.78 is 7.65. The first kappa shape index (κ1) is 22.9. The lowest BCUT2D eigenvalue weighted by Crippen LogP contribution is -3.00. The van der Waals surface area contributed by atoms with Crippen molar-refractivity contribution < 1.29 is 26.9 Å². The predicted molar refractivity (Wildman–Crippen MR) is 93.8 cm³/mol. The van der Waals surface area contributed by atoms with Crippen LogP contribution >= 0.6 is 0 Å². The smallest absolute Gasteiger partial charge is 0.252 e. The lowest BCUT2D eigenvalue weighted by molar-refractivity contribution is -0.732. The zero-order chi connectivity index (χ0) is 16.6. The molecule has 1 N–H and O–H groups in total. The van der Waals surface area contributed by atoms with E-state index in [1.165, 1.54) is 64.0 Å². The summed E-state index contributed by atoms with van der Waals surface area (Å²) in [6.07, 6.45) is 18.7. The zero-order valence-corrected chi connectivity index (χ0v) is 15.8. The molecular formula is C19H33ClN2O2. The summed E-state index contributed by atoms with van der Waals surface area (Å²) in [5, 5.41) is 11.5. The third-order valence-electron chi connectivity index (χ3n) is 4.01. The van der Waals surface area contributed by atoms with Gasteiger partial charge >= 0.3 is 0 Å². The van der Waals surface area contributed by atoms with Gasteiger partial charge in [0.25, 0.3) is 6.73 Å². The number of aromatic nitrogens is 1. The van der Waals surface area contributed by atoms with E-state index in [0.717, 1.165) is 18.6 Å². The number of ether oxygens (including phenoxy) is 1. The van der Waals surface area contributed by atoms with E-state index in [2.05, 4.69) is 12.1 Å². The summed E-state index contributed by atoms with van der Waals surface area (Å²) in [6, 6.07) is 3.78. The van der Waals surface area contributed by atoms with Gasteiger partial charge < -0.3 is 22.4 Å². The highest BCUT2D eigenvalue weighted by atomic mass is 35.5. The lowest BCUT2D eigenvalue weighted by Gasteiger charge is -2.03. The van der Waals surface area contributed by atoms with Crippen LogP contribution in [-0.2, 0) is 11.5 Å². The van der Waals surface area contributed by atoms with Crippen LogP contribution in [0.5, 0.6) is 0 Å². The Labute approximate surface area is 153 Å². The molecule has 138 valence electrons. The van der Waals surface area contributed by atoms with Gasteiger partial charge in [-0.05, 0) is 6.42 Å². The molecule has 0 radical (unpaired) electrons. The third-order valence-corrected chi connectivity index (χ3v) is 4.01. The summed E-state index contributed by atoms with van der Waals surface area (Å²) in [5.41, 5.74) is 0.874. The van der Waals surface area contributed by atoms with Gasteiger partial charge in [0.2, 0.25) is 0 Å². The molecular weight excluding hydrogens is 324 g/mol. The molecule has 0 saturated heterocycles. The average Bonchev–Trinajstić information content (AvgIpc) is 2.57. The molecule has 0 aliphatic carbocycles. The van der Waals surface area contributed by atoms with Gasteiger partial charge in [-0.3, -0.25) is 0 Å². The van der Waals surface area contributed by atoms with Crippen LogP contribution in [0, 0.1) is 0 Å². The number of unbranched alkanes of at least 4 members (excludes halogenated alkanes) is 9. The van der Waals surface area contributed by atoms with Crippen molar-refractivity contribution in [1.29, 1.82) is 0 Å². The van der Waals surface area contributed by atoms with E-state index in [1.807, 2.05) is 29.1 Å². The molecule has 1 aromatic heterocycles. The van der Waals surface area contributed by atoms with Crippen molar-refractivity contribution in [3.8, 4) is 0 Å². The van der Waals surface area contributed by atoms with E-state index < -0.39 is 0 Å². The number of hydrogen-bond acceptors (Lipinski definition) is 3. The second kappa shape index (κ2) is 16.7. The molecule has 1 aromatic rings. The van der Waals surface area contributed by atoms with Crippen molar-refractivity contribution in [1.82, 2.24) is 0 Å². The predicted octanol–water partition coefficient (Wildman–Crippen LogP) is 1.68. The standard InChI is InChI=1S/C19H32N2O2.ClH/c1-2-3-4-5-6-7-8-9-10-11-16-23-18-21-14-12-19(13-15-21)17-20-22;/h12-15,17H,2-11,16,18H2,1H3;1H. The van der Waals surface area contributed by atoms with Gasteiger partial charge in [0.1, 0.15) is 0 Å². The van der Waals surface area contributed by atoms with Crippen LogP contribution in [-0.4, -0.2) is 18.0 Å². The molecule has 0 spiro atoms. The van der Waals surface area contributed by atoms with Crippen molar-refractivity contribution in [2.24, 2.45) is 5.16 Å². The molecule has 1 heterocycles. The van der Waals surface area contributed by atoms with Gasteiger partial charge in [0.05, 0.1) is 12.8 Å². The molecule has 0 bridgehead atoms. The Hall–Kier alpha value is -1.13. The Morgan fingerprint density at radius 1 is 0.958 bits per heavy atom. The first-order valence-corrected chi connectivity index (χ1v) is 9.11. The Morgan fingerprint density at radius 2 is 1.50 bits per heavy atom. The summed E-state index contributed by atoms with van der Waals surface area (Å²) >= 11 is 0. The third kappa shape index (κ3) is 12.3. The van der Waals surface area contributed by atoms with Gasteiger partial charge in [-0.25, -0.2) is 0 Å². The largest absolute Gasteiger partial charge is 1.00 e. The Bertz CT molecular complexity index is 410. The van der Waals surface area contributed by atoms with Crippen LogP contribution in [0.3, 0.4) is 0 Å². The molecule has 0 aromatic carbocycles. The van der Waals surface area contributed by atoms with E-state index in [0.29, 0.717) is 6.73 Å². The highest BCUT2D eigenvalue weighted by molar-refractivity contribution is 5.78. The van der Waals surface area contributed by atoms with E-state index in [9.17, 15) is 0 Å². The molecule has 0 aliphatic rings. The van der Waals surface area contributed by atoms with E-state index in [-0.39, 0.29) is 12.4 Å². The van der Waals surface area contributed by atoms with Gasteiger partial charge in [-0.15, -0.1) is 0 Å². The van der Waals surface area contributed by atoms with Crippen LogP contribution in [0.4, 0.5) is 0 Å². The summed E-state index contributed by atoms with van der Waals surface area (Å²) in [7, 11) is 0. The Morgan fingerprint density at radius 3 is 2.04 bits per heavy atom. The van der Waals surface area contributed by atoms with Crippen LogP contribution in [0.15, 0.2) is 29.7 Å². The van der Waals surface area contributed by atoms with Crippen LogP contribution < -0.4 is 17.0 Å². The number of oxime groups is 1. The van der Waals surface area contributed by atoms with Crippen molar-refractivity contribution >= 4 is 6.21 Å². The molecule has 0 unspecified atom stereocenters. The quantitative estimate of drug-likeness (QED) is 0.181. The topological polar surface area (TPSA) is 45.7 Å². The summed E-state index contributed by atoms with van der Waals surface area (Å²) in [6.45, 7) is 3.67. The van der Waals surface area contributed by atoms with Crippen LogP contribution in [0.25, 0.3) is 0 Å². The Kier molecular flexibility index (Phi) is 15.9. The number of nitrogens with zero attached hydrogens (tertiary/aromatic N) is 2. The summed E-state index contributed by atoms with van der Waals surface area (Å²) in [5.74, 6) is 0. The van der Waals surface area contributed by atoms with Gasteiger partial charge in [0.15, 0.2) is 12.4 Å². The maximum Gasteiger partial charge on any atom is 0.252 e. The first-order chi connectivity index (χ1) is 11.4. The molecule has 5 heteroatoms. The van der Waals surface area contributed by atoms with Gasteiger partial charge in [0, 0.05) is 17.7 Å². The maximum atomic E-state index is 8.45. The molecule has 0 atom stereocenters. The first-order valence-electron chi connectivity index (χ1n) is 9.11. The van der Waals surface area contributed by atoms with Crippen LogP contribution in [0.2, 0.25) is 0 Å². The molecule has 24 heavy (non-hydrogen) atoms. The highest BCUT2D eigenvalue weighted by Crippen LogP contribution is 2.10. The fourth-order valence-electron chi connectivity index (χ4n) is 2.57. The van der Waals surface area contributed by atoms with Crippen molar-refractivity contribution in [2.75, 3.05) is 6.61 Å². The normalized spacial score (nSPS) is 10.9. The second-order valence-corrected chi connectivity index (χ2v) is 6.11. The molecule has 4 nitrogen and oxygen atoms in total. The number of halogens is 1. The van der Waals surface area contributed by atoms with E-state index in [1.54, 1.807) is 0 Å². The zero-order valence-electron chi connectivity index (χ0n) is 15.0. The minimum atomic E-state index is 0. The minimum absolute atomic E-state index is 0. The van der Waals surface area contributed by atoms with E-state index in [4.69, 9.17) is 9.94 Å². The average molecular weight is 357 g/mol. The molecule has 0 fully saturated rings.